The van der Waals surface area contributed by atoms with Crippen LogP contribution in [0.25, 0.3) is 5.69 Å². The summed E-state index contributed by atoms with van der Waals surface area (Å²) in [6.45, 7) is 7.26. The zero-order valence-electron chi connectivity index (χ0n) is 22.4. The minimum Gasteiger partial charge on any atom is -0.478 e. The zero-order chi connectivity index (χ0) is 27.8. The first-order valence-corrected chi connectivity index (χ1v) is 13.8. The standard InChI is InChI=1S/C31H31N5O3S/c1-20-19-25(21(2)35(20)27-9-4-3-7-24(27)30(37)38)29-28(26-8-5-6-14-32-26)33-31(40)36(29)23-12-10-22(11-13-23)34-15-17-39-18-16-34/h3-14,19,28-29H,15-18H2,1-2H3,(H,33,40)(H,37,38)/t28-,29+/m0/s1. The second kappa shape index (κ2) is 10.7. The number of carboxylic acid groups (broad SMARTS) is 1. The fraction of sp³-hybridized carbons (Fsp3) is 0.258. The fourth-order valence-corrected chi connectivity index (χ4v) is 6.25. The van der Waals surface area contributed by atoms with Crippen molar-refractivity contribution in [3.63, 3.8) is 0 Å². The van der Waals surface area contributed by atoms with Gasteiger partial charge in [-0.05, 0) is 86.2 Å². The number of morpholine rings is 1. The number of para-hydroxylation sites is 1. The summed E-state index contributed by atoms with van der Waals surface area (Å²) in [6, 6.07) is 23.3. The highest BCUT2D eigenvalue weighted by molar-refractivity contribution is 7.80. The Balaban J connectivity index is 1.45. The number of aromatic nitrogens is 2. The number of anilines is 2. The van der Waals surface area contributed by atoms with E-state index in [2.05, 4.69) is 50.4 Å². The molecule has 2 saturated heterocycles. The molecule has 2 aliphatic heterocycles. The number of carboxylic acids is 1. The Kier molecular flexibility index (Phi) is 7.00. The summed E-state index contributed by atoms with van der Waals surface area (Å²) in [5.41, 5.74) is 6.88. The van der Waals surface area contributed by atoms with E-state index in [0.717, 1.165) is 60.3 Å². The largest absolute Gasteiger partial charge is 0.478 e. The molecule has 2 atom stereocenters. The van der Waals surface area contributed by atoms with Crippen molar-refractivity contribution >= 4 is 34.7 Å². The SMILES string of the molecule is Cc1cc([C@@H]2[C@H](c3ccccn3)NC(=S)N2c2ccc(N3CCOCC3)cc2)c(C)n1-c1ccccc1C(=O)O. The lowest BCUT2D eigenvalue weighted by Crippen LogP contribution is -2.36. The van der Waals surface area contributed by atoms with Crippen molar-refractivity contribution in [3.8, 4) is 5.69 Å². The van der Waals surface area contributed by atoms with Gasteiger partial charge in [0.25, 0.3) is 0 Å². The minimum absolute atomic E-state index is 0.198. The fourth-order valence-electron chi connectivity index (χ4n) is 5.90. The first-order chi connectivity index (χ1) is 19.4. The normalized spacial score (nSPS) is 19.1. The highest BCUT2D eigenvalue weighted by Crippen LogP contribution is 2.44. The molecule has 2 N–H and O–H groups in total. The molecule has 0 aliphatic carbocycles. The van der Waals surface area contributed by atoms with Gasteiger partial charge in [0.05, 0.1) is 42.2 Å². The second-order valence-electron chi connectivity index (χ2n) is 10.1. The van der Waals surface area contributed by atoms with Gasteiger partial charge in [-0.15, -0.1) is 0 Å². The Morgan fingerprint density at radius 3 is 2.40 bits per heavy atom. The summed E-state index contributed by atoms with van der Waals surface area (Å²) < 4.78 is 7.54. The molecule has 4 aromatic rings. The Hall–Kier alpha value is -4.21. The summed E-state index contributed by atoms with van der Waals surface area (Å²) in [5, 5.41) is 14.0. The van der Waals surface area contributed by atoms with Gasteiger partial charge >= 0.3 is 5.97 Å². The highest BCUT2D eigenvalue weighted by atomic mass is 32.1. The molecule has 2 aliphatic rings. The van der Waals surface area contributed by atoms with Crippen LogP contribution in [0.5, 0.6) is 0 Å². The maximum absolute atomic E-state index is 12.1. The molecule has 6 rings (SSSR count). The number of ether oxygens (including phenoxy) is 1. The number of aryl methyl sites for hydroxylation is 1. The van der Waals surface area contributed by atoms with Crippen LogP contribution in [0, 0.1) is 13.8 Å². The molecule has 2 aromatic carbocycles. The summed E-state index contributed by atoms with van der Waals surface area (Å²) in [7, 11) is 0. The third-order valence-electron chi connectivity index (χ3n) is 7.77. The van der Waals surface area contributed by atoms with E-state index in [4.69, 9.17) is 17.0 Å². The molecule has 204 valence electrons. The van der Waals surface area contributed by atoms with E-state index in [-0.39, 0.29) is 17.6 Å². The number of nitrogens with one attached hydrogen (secondary N) is 1. The van der Waals surface area contributed by atoms with E-state index in [0.29, 0.717) is 10.8 Å². The van der Waals surface area contributed by atoms with Crippen molar-refractivity contribution in [3.05, 3.63) is 107 Å². The van der Waals surface area contributed by atoms with E-state index in [1.54, 1.807) is 18.3 Å². The predicted molar refractivity (Wildman–Crippen MR) is 160 cm³/mol. The van der Waals surface area contributed by atoms with Gasteiger partial charge in [0.15, 0.2) is 5.11 Å². The molecule has 0 unspecified atom stereocenters. The number of rotatable bonds is 6. The van der Waals surface area contributed by atoms with E-state index < -0.39 is 5.97 Å². The molecule has 0 saturated carbocycles. The Labute approximate surface area is 238 Å². The lowest BCUT2D eigenvalue weighted by Gasteiger charge is -2.31. The summed E-state index contributed by atoms with van der Waals surface area (Å²) in [6.07, 6.45) is 1.79. The van der Waals surface area contributed by atoms with Crippen LogP contribution in [-0.2, 0) is 4.74 Å². The molecule has 2 aromatic heterocycles. The monoisotopic (exact) mass is 553 g/mol. The van der Waals surface area contributed by atoms with Gasteiger partial charge in [0.1, 0.15) is 0 Å². The zero-order valence-corrected chi connectivity index (χ0v) is 23.3. The molecule has 0 bridgehead atoms. The van der Waals surface area contributed by atoms with Crippen LogP contribution >= 0.6 is 12.2 Å². The van der Waals surface area contributed by atoms with Crippen LogP contribution in [0.3, 0.4) is 0 Å². The molecule has 8 nitrogen and oxygen atoms in total. The number of hydrogen-bond donors (Lipinski definition) is 2. The smallest absolute Gasteiger partial charge is 0.337 e. The summed E-state index contributed by atoms with van der Waals surface area (Å²) in [4.78, 5) is 21.2. The number of pyridine rings is 1. The number of aromatic carboxylic acids is 1. The third kappa shape index (κ3) is 4.61. The number of carbonyl (C=O) groups is 1. The van der Waals surface area contributed by atoms with Crippen LogP contribution in [0.2, 0.25) is 0 Å². The van der Waals surface area contributed by atoms with Gasteiger partial charge in [0, 0.05) is 42.0 Å². The molecule has 2 fully saturated rings. The first-order valence-electron chi connectivity index (χ1n) is 13.4. The quantitative estimate of drug-likeness (QED) is 0.315. The molecule has 0 radical (unpaired) electrons. The number of benzene rings is 2. The van der Waals surface area contributed by atoms with E-state index in [9.17, 15) is 9.90 Å². The van der Waals surface area contributed by atoms with Crippen LogP contribution in [0.15, 0.2) is 79.0 Å². The summed E-state index contributed by atoms with van der Waals surface area (Å²) in [5.74, 6) is -0.957. The van der Waals surface area contributed by atoms with Crippen molar-refractivity contribution in [1.82, 2.24) is 14.9 Å². The van der Waals surface area contributed by atoms with Gasteiger partial charge in [0.2, 0.25) is 0 Å². The number of thiocarbonyl (C=S) groups is 1. The maximum Gasteiger partial charge on any atom is 0.337 e. The molecule has 40 heavy (non-hydrogen) atoms. The number of nitrogens with zero attached hydrogens (tertiary/aromatic N) is 4. The number of hydrogen-bond acceptors (Lipinski definition) is 5. The average molecular weight is 554 g/mol. The van der Waals surface area contributed by atoms with Gasteiger partial charge in [-0.3, -0.25) is 4.98 Å². The second-order valence-corrected chi connectivity index (χ2v) is 10.5. The predicted octanol–water partition coefficient (Wildman–Crippen LogP) is 5.20. The van der Waals surface area contributed by atoms with E-state index >= 15 is 0 Å². The van der Waals surface area contributed by atoms with Crippen molar-refractivity contribution in [2.24, 2.45) is 0 Å². The molecular formula is C31H31N5O3S. The van der Waals surface area contributed by atoms with Crippen molar-refractivity contribution in [1.29, 1.82) is 0 Å². The molecular weight excluding hydrogens is 522 g/mol. The van der Waals surface area contributed by atoms with E-state index in [1.807, 2.05) is 48.7 Å². The Bertz CT molecular complexity index is 1550. The molecule has 0 amide bonds. The third-order valence-corrected chi connectivity index (χ3v) is 8.08. The van der Waals surface area contributed by atoms with Gasteiger partial charge in [-0.2, -0.15) is 0 Å². The molecule has 0 spiro atoms. The molecule has 4 heterocycles. The average Bonchev–Trinajstić information content (AvgIpc) is 3.48. The van der Waals surface area contributed by atoms with Crippen LogP contribution in [0.1, 0.15) is 45.1 Å². The lowest BCUT2D eigenvalue weighted by atomic mass is 9.96. The maximum atomic E-state index is 12.1. The first kappa shape index (κ1) is 26.0. The molecule has 9 heteroatoms. The van der Waals surface area contributed by atoms with Gasteiger partial charge in [-0.25, -0.2) is 4.79 Å². The Morgan fingerprint density at radius 1 is 1.00 bits per heavy atom. The minimum atomic E-state index is -0.957. The topological polar surface area (TPSA) is 82.9 Å². The highest BCUT2D eigenvalue weighted by Gasteiger charge is 2.42. The van der Waals surface area contributed by atoms with Gasteiger partial charge < -0.3 is 29.5 Å². The lowest BCUT2D eigenvalue weighted by molar-refractivity contribution is 0.0697. The van der Waals surface area contributed by atoms with E-state index in [1.165, 1.54) is 0 Å². The van der Waals surface area contributed by atoms with Gasteiger partial charge in [-0.1, -0.05) is 18.2 Å². The van der Waals surface area contributed by atoms with Crippen LogP contribution < -0.4 is 15.1 Å². The van der Waals surface area contributed by atoms with Crippen molar-refractivity contribution < 1.29 is 14.6 Å². The van der Waals surface area contributed by atoms with Crippen LogP contribution in [0.4, 0.5) is 11.4 Å². The summed E-state index contributed by atoms with van der Waals surface area (Å²) >= 11 is 5.94. The van der Waals surface area contributed by atoms with Crippen LogP contribution in [-0.4, -0.2) is 52.0 Å². The Morgan fingerprint density at radius 2 is 1.70 bits per heavy atom. The van der Waals surface area contributed by atoms with Crippen molar-refractivity contribution in [2.75, 3.05) is 36.1 Å². The van der Waals surface area contributed by atoms with Crippen molar-refractivity contribution in [2.45, 2.75) is 25.9 Å².